The number of thioether (sulfide) groups is 1. The second-order valence-corrected chi connectivity index (χ2v) is 9.54. The Bertz CT molecular complexity index is 1230. The fourth-order valence-corrected chi connectivity index (χ4v) is 5.12. The number of nitrogens with one attached hydrogen (secondary N) is 3. The van der Waals surface area contributed by atoms with Gasteiger partial charge in [0.2, 0.25) is 11.7 Å². The number of fused-ring (bicyclic) bond motifs is 3. The first-order valence-corrected chi connectivity index (χ1v) is 13.0. The lowest BCUT2D eigenvalue weighted by atomic mass is 9.89. The highest BCUT2D eigenvalue weighted by Crippen LogP contribution is 2.42. The van der Waals surface area contributed by atoms with E-state index in [-0.39, 0.29) is 23.2 Å². The molecule has 2 aromatic carbocycles. The van der Waals surface area contributed by atoms with Crippen LogP contribution in [0.25, 0.3) is 10.9 Å². The van der Waals surface area contributed by atoms with Crippen LogP contribution in [0.4, 0.5) is 0 Å². The molecule has 0 radical (unpaired) electrons. The average Bonchev–Trinajstić information content (AvgIpc) is 3.28. The molecule has 4 rings (SSSR count). The van der Waals surface area contributed by atoms with Crippen molar-refractivity contribution in [2.45, 2.75) is 31.0 Å². The molecular weight excluding hydrogens is 482 g/mol. The molecule has 0 aliphatic carbocycles. The number of esters is 1. The van der Waals surface area contributed by atoms with E-state index >= 15 is 0 Å². The number of amides is 1. The van der Waals surface area contributed by atoms with Crippen LogP contribution in [0.15, 0.2) is 36.4 Å². The molecule has 1 aliphatic rings. The van der Waals surface area contributed by atoms with Gasteiger partial charge < -0.3 is 29.6 Å². The van der Waals surface area contributed by atoms with E-state index in [1.165, 1.54) is 21.3 Å². The van der Waals surface area contributed by atoms with Gasteiger partial charge >= 0.3 is 5.97 Å². The van der Waals surface area contributed by atoms with Crippen LogP contribution in [0.2, 0.25) is 0 Å². The lowest BCUT2D eigenvalue weighted by molar-refractivity contribution is -0.145. The van der Waals surface area contributed by atoms with Crippen molar-refractivity contribution in [2.75, 3.05) is 33.3 Å². The van der Waals surface area contributed by atoms with Crippen LogP contribution in [0.1, 0.15) is 29.3 Å². The van der Waals surface area contributed by atoms with Crippen molar-refractivity contribution in [3.05, 3.63) is 53.2 Å². The van der Waals surface area contributed by atoms with Gasteiger partial charge in [0.1, 0.15) is 6.04 Å². The molecule has 0 unspecified atom stereocenters. The second kappa shape index (κ2) is 11.1. The zero-order chi connectivity index (χ0) is 25.8. The normalized spacial score (nSPS) is 17.8. The van der Waals surface area contributed by atoms with Crippen molar-refractivity contribution in [1.82, 2.24) is 15.6 Å². The van der Waals surface area contributed by atoms with Gasteiger partial charge in [0, 0.05) is 16.6 Å². The Morgan fingerprint density at radius 3 is 2.50 bits per heavy atom. The van der Waals surface area contributed by atoms with Gasteiger partial charge in [-0.1, -0.05) is 18.2 Å². The Kier molecular flexibility index (Phi) is 7.95. The van der Waals surface area contributed by atoms with Crippen molar-refractivity contribution in [3.8, 4) is 17.2 Å². The third-order valence-electron chi connectivity index (χ3n) is 6.48. The molecule has 0 saturated heterocycles. The number of carbonyl (C=O) groups excluding carboxylic acids is 2. The number of aromatic nitrogens is 1. The number of aromatic amines is 1. The zero-order valence-electron chi connectivity index (χ0n) is 20.7. The van der Waals surface area contributed by atoms with E-state index in [0.29, 0.717) is 18.6 Å². The molecule has 192 valence electrons. The summed E-state index contributed by atoms with van der Waals surface area (Å²) < 4.78 is 15.6. The minimum atomic E-state index is -0.728. The van der Waals surface area contributed by atoms with Crippen LogP contribution < -0.4 is 20.1 Å². The van der Waals surface area contributed by atoms with Gasteiger partial charge in [0.05, 0.1) is 33.4 Å². The Hall–Kier alpha value is -3.37. The molecule has 3 aromatic rings. The van der Waals surface area contributed by atoms with Gasteiger partial charge in [-0.15, -0.1) is 0 Å². The molecule has 9 nitrogen and oxygen atoms in total. The Balaban J connectivity index is 1.74. The first-order chi connectivity index (χ1) is 17.4. The topological polar surface area (TPSA) is 122 Å². The molecule has 0 bridgehead atoms. The van der Waals surface area contributed by atoms with Crippen LogP contribution in [-0.2, 0) is 20.7 Å². The lowest BCUT2D eigenvalue weighted by Gasteiger charge is -2.32. The van der Waals surface area contributed by atoms with Crippen molar-refractivity contribution in [3.63, 3.8) is 0 Å². The summed E-state index contributed by atoms with van der Waals surface area (Å²) in [5.74, 6) is 0.382. The van der Waals surface area contributed by atoms with Crippen LogP contribution in [0, 0.1) is 0 Å². The average molecular weight is 514 g/mol. The van der Waals surface area contributed by atoms with Crippen LogP contribution >= 0.6 is 11.8 Å². The standard InChI is InChI=1S/C26H31N3O6S/c1-33-20-11-14(12-21(34-2)24(20)30)22-23-16(15-7-5-6-8-17(15)27-23)13-19(28-22)25(31)29-18(9-10-36-4)26(32)35-3/h5-8,11-12,18-19,22,27-28,30H,9-10,13H2,1-4H3,(H,29,31)/t18-,19+,22-/m1/s1. The van der Waals surface area contributed by atoms with Gasteiger partial charge in [-0.3, -0.25) is 10.1 Å². The number of methoxy groups -OCH3 is 3. The minimum absolute atomic E-state index is 0.0968. The lowest BCUT2D eigenvalue weighted by Crippen LogP contribution is -2.53. The number of carbonyl (C=O) groups is 2. The van der Waals surface area contributed by atoms with Gasteiger partial charge in [0.25, 0.3) is 0 Å². The highest BCUT2D eigenvalue weighted by Gasteiger charge is 2.36. The van der Waals surface area contributed by atoms with E-state index in [2.05, 4.69) is 15.6 Å². The second-order valence-electron chi connectivity index (χ2n) is 8.56. The molecule has 3 atom stereocenters. The van der Waals surface area contributed by atoms with E-state index in [4.69, 9.17) is 14.2 Å². The number of hydrogen-bond acceptors (Lipinski definition) is 8. The Morgan fingerprint density at radius 2 is 1.86 bits per heavy atom. The number of aromatic hydroxyl groups is 1. The van der Waals surface area contributed by atoms with Crippen LogP contribution in [0.3, 0.4) is 0 Å². The number of rotatable bonds is 9. The first kappa shape index (κ1) is 25.7. The third kappa shape index (κ3) is 4.96. The fraction of sp³-hybridized carbons (Fsp3) is 0.385. The first-order valence-electron chi connectivity index (χ1n) is 11.6. The maximum absolute atomic E-state index is 13.4. The number of benzene rings is 2. The van der Waals surface area contributed by atoms with Gasteiger partial charge in [-0.2, -0.15) is 11.8 Å². The molecule has 10 heteroatoms. The van der Waals surface area contributed by atoms with E-state index < -0.39 is 24.1 Å². The SMILES string of the molecule is COC(=O)[C@@H](CCSC)NC(=O)[C@@H]1Cc2c([nH]c3ccccc23)[C@@H](c2cc(OC)c(O)c(OC)c2)N1. The summed E-state index contributed by atoms with van der Waals surface area (Å²) in [4.78, 5) is 29.2. The Labute approximate surface area is 213 Å². The maximum atomic E-state index is 13.4. The van der Waals surface area contributed by atoms with Crippen LogP contribution in [0.5, 0.6) is 17.2 Å². The summed E-state index contributed by atoms with van der Waals surface area (Å²) in [5.41, 5.74) is 3.64. The molecule has 4 N–H and O–H groups in total. The number of hydrogen-bond donors (Lipinski definition) is 4. The molecule has 1 amide bonds. The molecule has 1 aliphatic heterocycles. The van der Waals surface area contributed by atoms with E-state index in [0.717, 1.165) is 27.7 Å². The number of ether oxygens (including phenoxy) is 3. The molecule has 1 aromatic heterocycles. The molecule has 2 heterocycles. The molecule has 0 spiro atoms. The largest absolute Gasteiger partial charge is 0.502 e. The third-order valence-corrected chi connectivity index (χ3v) is 7.12. The smallest absolute Gasteiger partial charge is 0.328 e. The van der Waals surface area contributed by atoms with Gasteiger partial charge in [-0.05, 0) is 54.2 Å². The molecule has 36 heavy (non-hydrogen) atoms. The highest BCUT2D eigenvalue weighted by atomic mass is 32.2. The number of para-hydroxylation sites is 1. The summed E-state index contributed by atoms with van der Waals surface area (Å²) in [6.45, 7) is 0. The highest BCUT2D eigenvalue weighted by molar-refractivity contribution is 7.98. The summed E-state index contributed by atoms with van der Waals surface area (Å²) >= 11 is 1.60. The van der Waals surface area contributed by atoms with Crippen molar-refractivity contribution in [2.24, 2.45) is 0 Å². The molecular formula is C26H31N3O6S. The van der Waals surface area contributed by atoms with Crippen molar-refractivity contribution in [1.29, 1.82) is 0 Å². The quantitative estimate of drug-likeness (QED) is 0.322. The minimum Gasteiger partial charge on any atom is -0.502 e. The van der Waals surface area contributed by atoms with Gasteiger partial charge in [-0.25, -0.2) is 4.79 Å². The van der Waals surface area contributed by atoms with Crippen molar-refractivity contribution < 1.29 is 28.9 Å². The van der Waals surface area contributed by atoms with Gasteiger partial charge in [0.15, 0.2) is 11.5 Å². The Morgan fingerprint density at radius 1 is 1.17 bits per heavy atom. The molecule has 0 fully saturated rings. The predicted octanol–water partition coefficient (Wildman–Crippen LogP) is 2.91. The number of H-pyrrole nitrogens is 1. The predicted molar refractivity (Wildman–Crippen MR) is 139 cm³/mol. The number of phenols is 1. The fourth-order valence-electron chi connectivity index (χ4n) is 4.65. The number of phenolic OH excluding ortho intramolecular Hbond substituents is 1. The summed E-state index contributed by atoms with van der Waals surface area (Å²) in [6.07, 6.45) is 2.85. The van der Waals surface area contributed by atoms with E-state index in [1.807, 2.05) is 30.5 Å². The van der Waals surface area contributed by atoms with Crippen molar-refractivity contribution >= 4 is 34.5 Å². The summed E-state index contributed by atoms with van der Waals surface area (Å²) in [6, 6.07) is 9.61. The summed E-state index contributed by atoms with van der Waals surface area (Å²) in [5, 5.41) is 17.8. The zero-order valence-corrected chi connectivity index (χ0v) is 21.5. The monoisotopic (exact) mass is 513 g/mol. The van der Waals surface area contributed by atoms with E-state index in [9.17, 15) is 14.7 Å². The molecule has 0 saturated carbocycles. The van der Waals surface area contributed by atoms with E-state index in [1.54, 1.807) is 23.9 Å². The maximum Gasteiger partial charge on any atom is 0.328 e. The summed E-state index contributed by atoms with van der Waals surface area (Å²) in [7, 11) is 4.26. The van der Waals surface area contributed by atoms with Crippen LogP contribution in [-0.4, -0.2) is 67.4 Å².